The van der Waals surface area contributed by atoms with Gasteiger partial charge >= 0.3 is 0 Å². The van der Waals surface area contributed by atoms with Crippen molar-refractivity contribution in [1.29, 1.82) is 0 Å². The number of furan rings is 2. The number of aliphatic hydroxyl groups is 1. The van der Waals surface area contributed by atoms with Crippen molar-refractivity contribution in [3.05, 3.63) is 101 Å². The van der Waals surface area contributed by atoms with Gasteiger partial charge in [-0.25, -0.2) is 0 Å². The van der Waals surface area contributed by atoms with Crippen LogP contribution in [-0.4, -0.2) is 15.9 Å². The predicted molar refractivity (Wildman–Crippen MR) is 166 cm³/mol. The number of hydrogen-bond acceptors (Lipinski definition) is 5. The first-order valence-corrected chi connectivity index (χ1v) is 13.6. The van der Waals surface area contributed by atoms with E-state index in [2.05, 4.69) is 58.9 Å². The van der Waals surface area contributed by atoms with Crippen molar-refractivity contribution in [2.75, 3.05) is 0 Å². The molecule has 6 aromatic rings. The molecule has 6 heteroatoms. The van der Waals surface area contributed by atoms with Crippen LogP contribution in [0.3, 0.4) is 0 Å². The van der Waals surface area contributed by atoms with Crippen molar-refractivity contribution in [2.24, 2.45) is 0 Å². The summed E-state index contributed by atoms with van der Waals surface area (Å²) in [4.78, 5) is 15.0. The van der Waals surface area contributed by atoms with Gasteiger partial charge in [0.1, 0.15) is 11.3 Å². The molecule has 0 aliphatic carbocycles. The number of carbonyl (C=O) groups is 1. The van der Waals surface area contributed by atoms with Crippen molar-refractivity contribution < 1.29 is 38.8 Å². The van der Waals surface area contributed by atoms with Crippen LogP contribution in [0.5, 0.6) is 0 Å². The summed E-state index contributed by atoms with van der Waals surface area (Å²) in [5.74, 6) is 0.786. The maximum atomic E-state index is 10.0. The number of pyridine rings is 1. The van der Waals surface area contributed by atoms with Crippen LogP contribution in [0.4, 0.5) is 0 Å². The van der Waals surface area contributed by atoms with Crippen LogP contribution in [0.1, 0.15) is 51.3 Å². The molecule has 3 aromatic heterocycles. The molecule has 0 spiro atoms. The normalized spacial score (nSPS) is 11.8. The fourth-order valence-corrected chi connectivity index (χ4v) is 5.15. The molecule has 1 N–H and O–H groups in total. The summed E-state index contributed by atoms with van der Waals surface area (Å²) in [6.07, 6.45) is 1.17. The Balaban J connectivity index is 0.000000454. The average Bonchev–Trinajstić information content (AvgIpc) is 3.48. The zero-order chi connectivity index (χ0) is 29.5. The summed E-state index contributed by atoms with van der Waals surface area (Å²) in [5.41, 5.74) is 9.96. The second kappa shape index (κ2) is 12.1. The smallest absolute Gasteiger partial charge is 0.155 e. The minimum Gasteiger partial charge on any atom is -0.512 e. The molecule has 0 aliphatic heterocycles. The summed E-state index contributed by atoms with van der Waals surface area (Å²) < 4.78 is 12.5. The van der Waals surface area contributed by atoms with Crippen molar-refractivity contribution in [3.8, 4) is 22.6 Å². The minimum atomic E-state index is -0.125. The molecule has 5 nitrogen and oxygen atoms in total. The predicted octanol–water partition coefficient (Wildman–Crippen LogP) is 9.81. The maximum absolute atomic E-state index is 10.0. The van der Waals surface area contributed by atoms with Crippen LogP contribution in [0.15, 0.2) is 87.4 Å². The molecule has 1 radical (unpaired) electrons. The minimum absolute atomic E-state index is 0. The van der Waals surface area contributed by atoms with Crippen molar-refractivity contribution >= 4 is 38.8 Å². The SMILES string of the molecule is CC(=O)/C=C(/C)O.Cc1cc(C(C)(C)C)cc(C)c1-c1cc2nc(-c3[c-]ccc4c3oc3ccccc34)ccc2o1.[Ir]. The topological polar surface area (TPSA) is 76.5 Å². The van der Waals surface area contributed by atoms with Crippen molar-refractivity contribution in [3.63, 3.8) is 0 Å². The first-order valence-electron chi connectivity index (χ1n) is 13.6. The fourth-order valence-electron chi connectivity index (χ4n) is 5.15. The zero-order valence-electron chi connectivity index (χ0n) is 24.9. The summed E-state index contributed by atoms with van der Waals surface area (Å²) in [6.45, 7) is 13.9. The maximum Gasteiger partial charge on any atom is 0.155 e. The molecular formula is C36H34IrNO4-. The van der Waals surface area contributed by atoms with E-state index >= 15 is 0 Å². The van der Waals surface area contributed by atoms with Gasteiger partial charge < -0.3 is 13.9 Å². The molecule has 3 aromatic carbocycles. The van der Waals surface area contributed by atoms with Gasteiger partial charge in [-0.1, -0.05) is 68.1 Å². The quantitative estimate of drug-likeness (QED) is 0.111. The summed E-state index contributed by atoms with van der Waals surface area (Å²) in [5, 5.41) is 10.5. The van der Waals surface area contributed by atoms with E-state index in [1.807, 2.05) is 48.5 Å². The Kier molecular flexibility index (Phi) is 8.91. The number of nitrogens with zero attached hydrogens (tertiary/aromatic N) is 1. The third-order valence-corrected chi connectivity index (χ3v) is 7.03. The Hall–Kier alpha value is -3.99. The summed E-state index contributed by atoms with van der Waals surface area (Å²) >= 11 is 0. The van der Waals surface area contributed by atoms with Gasteiger partial charge in [0.25, 0.3) is 0 Å². The van der Waals surface area contributed by atoms with Gasteiger partial charge in [-0.3, -0.25) is 9.78 Å². The number of carbonyl (C=O) groups excluding carboxylic acids is 1. The average molecular weight is 737 g/mol. The van der Waals surface area contributed by atoms with Gasteiger partial charge in [0.15, 0.2) is 11.4 Å². The Morgan fingerprint density at radius 1 is 0.905 bits per heavy atom. The second-order valence-corrected chi connectivity index (χ2v) is 11.5. The molecule has 0 atom stereocenters. The van der Waals surface area contributed by atoms with E-state index in [4.69, 9.17) is 18.9 Å². The van der Waals surface area contributed by atoms with E-state index in [-0.39, 0.29) is 37.1 Å². The number of rotatable bonds is 3. The van der Waals surface area contributed by atoms with E-state index in [0.29, 0.717) is 0 Å². The molecule has 217 valence electrons. The Morgan fingerprint density at radius 3 is 2.21 bits per heavy atom. The number of fused-ring (bicyclic) bond motifs is 4. The van der Waals surface area contributed by atoms with Crippen LogP contribution in [-0.2, 0) is 30.3 Å². The summed E-state index contributed by atoms with van der Waals surface area (Å²) in [7, 11) is 0. The third-order valence-electron chi connectivity index (χ3n) is 7.03. The Labute approximate surface area is 259 Å². The fraction of sp³-hybridized carbons (Fsp3) is 0.222. The van der Waals surface area contributed by atoms with E-state index in [1.165, 1.54) is 36.6 Å². The molecule has 0 saturated carbocycles. The molecule has 0 unspecified atom stereocenters. The molecule has 42 heavy (non-hydrogen) atoms. The van der Waals surface area contributed by atoms with Gasteiger partial charge in [-0.2, -0.15) is 0 Å². The number of benzene rings is 3. The monoisotopic (exact) mass is 737 g/mol. The zero-order valence-corrected chi connectivity index (χ0v) is 27.3. The van der Waals surface area contributed by atoms with Gasteiger partial charge in [0, 0.05) is 43.2 Å². The van der Waals surface area contributed by atoms with Gasteiger partial charge in [-0.15, -0.1) is 18.2 Å². The second-order valence-electron chi connectivity index (χ2n) is 11.5. The Bertz CT molecular complexity index is 1930. The van der Waals surface area contributed by atoms with Gasteiger partial charge in [-0.05, 0) is 67.6 Å². The van der Waals surface area contributed by atoms with E-state index in [9.17, 15) is 4.79 Å². The number of aliphatic hydroxyl groups excluding tert-OH is 1. The van der Waals surface area contributed by atoms with Crippen LogP contribution >= 0.6 is 0 Å². The van der Waals surface area contributed by atoms with Crippen LogP contribution in [0.2, 0.25) is 0 Å². The molecule has 0 amide bonds. The van der Waals surface area contributed by atoms with Crippen LogP contribution < -0.4 is 0 Å². The number of para-hydroxylation sites is 1. The molecule has 0 aliphatic rings. The number of hydrogen-bond donors (Lipinski definition) is 1. The first kappa shape index (κ1) is 31.0. The third kappa shape index (κ3) is 6.25. The van der Waals surface area contributed by atoms with E-state index < -0.39 is 0 Å². The molecule has 0 saturated heterocycles. The summed E-state index contributed by atoms with van der Waals surface area (Å²) in [6, 6.07) is 26.0. The van der Waals surface area contributed by atoms with Crippen molar-refractivity contribution in [1.82, 2.24) is 4.98 Å². The number of aryl methyl sites for hydroxylation is 2. The molecule has 6 rings (SSSR count). The largest absolute Gasteiger partial charge is 0.512 e. The molecule has 3 heterocycles. The standard InChI is InChI=1S/C31H26NO2.C5H8O2.Ir/c1-18-15-20(31(3,4)5)16-19(2)29(18)28-17-25-27(33-28)14-13-24(32-25)23-11-8-10-22-21-9-6-7-12-26(21)34-30(22)23;1-4(6)3-5(2)7;/h6-10,12-17H,1-5H3;3,6H,1-2H3;/q-1;;/b;4-3-;. The van der Waals surface area contributed by atoms with Crippen LogP contribution in [0.25, 0.3) is 55.6 Å². The number of ketones is 1. The van der Waals surface area contributed by atoms with E-state index in [1.54, 1.807) is 0 Å². The van der Waals surface area contributed by atoms with Crippen molar-refractivity contribution in [2.45, 2.75) is 53.9 Å². The van der Waals surface area contributed by atoms with Gasteiger partial charge in [0.2, 0.25) is 0 Å². The van der Waals surface area contributed by atoms with Crippen LogP contribution in [0, 0.1) is 19.9 Å². The molecule has 0 fully saturated rings. The number of aromatic nitrogens is 1. The number of allylic oxidation sites excluding steroid dienone is 2. The molecular weight excluding hydrogens is 703 g/mol. The van der Waals surface area contributed by atoms with E-state index in [0.717, 1.165) is 55.6 Å². The van der Waals surface area contributed by atoms with Gasteiger partial charge in [0.05, 0.1) is 16.9 Å². The Morgan fingerprint density at radius 2 is 1.60 bits per heavy atom. The molecule has 0 bridgehead atoms. The first-order chi connectivity index (χ1) is 19.4.